The molecule has 2 rings (SSSR count). The van der Waals surface area contributed by atoms with Gasteiger partial charge in [-0.15, -0.1) is 0 Å². The highest BCUT2D eigenvalue weighted by Gasteiger charge is 2.12. The van der Waals surface area contributed by atoms with Crippen LogP contribution in [0.25, 0.3) is 0 Å². The molecule has 0 spiro atoms. The third-order valence-electron chi connectivity index (χ3n) is 3.98. The number of benzene rings is 2. The first kappa shape index (κ1) is 21.4. The Bertz CT molecular complexity index is 794. The first-order valence-electron chi connectivity index (χ1n) is 8.96. The summed E-state index contributed by atoms with van der Waals surface area (Å²) >= 11 is 5.76. The van der Waals surface area contributed by atoms with Gasteiger partial charge < -0.3 is 15.4 Å². The molecule has 2 N–H and O–H groups in total. The number of hydrogen-bond donors (Lipinski definition) is 2. The van der Waals surface area contributed by atoms with Gasteiger partial charge in [-0.3, -0.25) is 14.4 Å². The van der Waals surface area contributed by atoms with Gasteiger partial charge in [0.05, 0.1) is 0 Å². The Kier molecular flexibility index (Phi) is 8.49. The van der Waals surface area contributed by atoms with Gasteiger partial charge >= 0.3 is 5.97 Å². The van der Waals surface area contributed by atoms with E-state index in [0.717, 1.165) is 12.8 Å². The Labute approximate surface area is 169 Å². The van der Waals surface area contributed by atoms with E-state index in [1.54, 1.807) is 24.3 Å². The van der Waals surface area contributed by atoms with E-state index < -0.39 is 11.9 Å². The van der Waals surface area contributed by atoms with Gasteiger partial charge in [0.25, 0.3) is 11.8 Å². The van der Waals surface area contributed by atoms with E-state index in [1.165, 1.54) is 5.56 Å². The maximum Gasteiger partial charge on any atom is 0.325 e. The molecule has 0 aromatic heterocycles. The Morgan fingerprint density at radius 2 is 1.71 bits per heavy atom. The van der Waals surface area contributed by atoms with E-state index in [0.29, 0.717) is 10.6 Å². The second-order valence-electron chi connectivity index (χ2n) is 6.34. The molecule has 0 saturated heterocycles. The fraction of sp³-hybridized carbons (Fsp3) is 0.286. The largest absolute Gasteiger partial charge is 0.454 e. The van der Waals surface area contributed by atoms with Crippen LogP contribution in [0.2, 0.25) is 5.02 Å². The molecule has 0 unspecified atom stereocenters. The van der Waals surface area contributed by atoms with Crippen LogP contribution in [-0.4, -0.2) is 37.0 Å². The molecule has 0 radical (unpaired) electrons. The van der Waals surface area contributed by atoms with Crippen molar-refractivity contribution in [3.63, 3.8) is 0 Å². The van der Waals surface area contributed by atoms with E-state index in [1.807, 2.05) is 37.3 Å². The van der Waals surface area contributed by atoms with Crippen LogP contribution in [0.5, 0.6) is 0 Å². The Hall–Kier alpha value is -2.86. The molecule has 6 nitrogen and oxygen atoms in total. The van der Waals surface area contributed by atoms with Crippen molar-refractivity contribution in [2.75, 3.05) is 13.2 Å². The lowest BCUT2D eigenvalue weighted by Crippen LogP contribution is -2.37. The maximum atomic E-state index is 11.9. The second kappa shape index (κ2) is 11.1. The number of esters is 1. The van der Waals surface area contributed by atoms with Crippen molar-refractivity contribution >= 4 is 29.4 Å². The molecule has 28 heavy (non-hydrogen) atoms. The molecule has 2 amide bonds. The topological polar surface area (TPSA) is 84.5 Å². The molecule has 7 heteroatoms. The Balaban J connectivity index is 1.62. The number of halogens is 1. The number of aryl methyl sites for hydroxylation is 1. The predicted molar refractivity (Wildman–Crippen MR) is 107 cm³/mol. The fourth-order valence-electron chi connectivity index (χ4n) is 2.47. The van der Waals surface area contributed by atoms with Crippen molar-refractivity contribution in [2.45, 2.75) is 25.8 Å². The van der Waals surface area contributed by atoms with Crippen molar-refractivity contribution in [1.82, 2.24) is 10.6 Å². The quantitative estimate of drug-likeness (QED) is 0.631. The minimum atomic E-state index is -0.686. The third-order valence-corrected chi connectivity index (χ3v) is 4.23. The lowest BCUT2D eigenvalue weighted by molar-refractivity contribution is -0.147. The molecule has 2 aromatic rings. The summed E-state index contributed by atoms with van der Waals surface area (Å²) in [6.07, 6.45) is 1.62. The molecule has 2 aromatic carbocycles. The highest BCUT2D eigenvalue weighted by atomic mass is 35.5. The van der Waals surface area contributed by atoms with Crippen molar-refractivity contribution in [3.05, 3.63) is 70.7 Å². The van der Waals surface area contributed by atoms with E-state index in [9.17, 15) is 14.4 Å². The van der Waals surface area contributed by atoms with Gasteiger partial charge in [-0.1, -0.05) is 41.9 Å². The molecular weight excluding hydrogens is 380 g/mol. The molecule has 0 aliphatic rings. The second-order valence-corrected chi connectivity index (χ2v) is 6.78. The number of rotatable bonds is 9. The minimum absolute atomic E-state index is 0.0454. The molecular formula is C21H23ClN2O4. The zero-order valence-corrected chi connectivity index (χ0v) is 16.4. The lowest BCUT2D eigenvalue weighted by Gasteiger charge is -2.14. The summed E-state index contributed by atoms with van der Waals surface area (Å²) in [6.45, 7) is 1.19. The number of nitrogens with one attached hydrogen (secondary N) is 2. The maximum absolute atomic E-state index is 11.9. The summed E-state index contributed by atoms with van der Waals surface area (Å²) < 4.78 is 4.89. The van der Waals surface area contributed by atoms with Crippen LogP contribution in [0, 0.1) is 0 Å². The molecule has 1 atom stereocenters. The molecule has 0 saturated carbocycles. The first-order chi connectivity index (χ1) is 13.4. The van der Waals surface area contributed by atoms with Gasteiger partial charge in [0.15, 0.2) is 6.61 Å². The van der Waals surface area contributed by atoms with Gasteiger partial charge in [0, 0.05) is 16.6 Å². The number of amides is 2. The van der Waals surface area contributed by atoms with E-state index in [-0.39, 0.29) is 25.1 Å². The van der Waals surface area contributed by atoms with Gasteiger partial charge in [0.1, 0.15) is 6.54 Å². The van der Waals surface area contributed by atoms with Gasteiger partial charge in [-0.25, -0.2) is 0 Å². The smallest absolute Gasteiger partial charge is 0.325 e. The van der Waals surface area contributed by atoms with E-state index in [4.69, 9.17) is 16.3 Å². The summed E-state index contributed by atoms with van der Waals surface area (Å²) in [5.74, 6) is -1.49. The normalized spacial score (nSPS) is 11.4. The van der Waals surface area contributed by atoms with Crippen molar-refractivity contribution in [2.24, 2.45) is 0 Å². The summed E-state index contributed by atoms with van der Waals surface area (Å²) in [4.78, 5) is 35.5. The van der Waals surface area contributed by atoms with Gasteiger partial charge in [0.2, 0.25) is 0 Å². The first-order valence-corrected chi connectivity index (χ1v) is 9.34. The average molecular weight is 403 g/mol. The van der Waals surface area contributed by atoms with Crippen LogP contribution < -0.4 is 10.6 Å². The molecule has 0 fully saturated rings. The van der Waals surface area contributed by atoms with Gasteiger partial charge in [-0.2, -0.15) is 0 Å². The third kappa shape index (κ3) is 7.80. The lowest BCUT2D eigenvalue weighted by atomic mass is 10.1. The number of carbonyl (C=O) groups excluding carboxylic acids is 3. The highest BCUT2D eigenvalue weighted by Crippen LogP contribution is 2.09. The number of carbonyl (C=O) groups is 3. The van der Waals surface area contributed by atoms with Crippen molar-refractivity contribution < 1.29 is 19.1 Å². The van der Waals surface area contributed by atoms with Crippen LogP contribution in [0.4, 0.5) is 0 Å². The molecule has 0 heterocycles. The van der Waals surface area contributed by atoms with E-state index >= 15 is 0 Å². The summed E-state index contributed by atoms with van der Waals surface area (Å²) in [5.41, 5.74) is 1.58. The van der Waals surface area contributed by atoms with Crippen LogP contribution in [-0.2, 0) is 20.7 Å². The molecule has 0 aliphatic heterocycles. The molecule has 0 bridgehead atoms. The average Bonchev–Trinajstić information content (AvgIpc) is 2.70. The Morgan fingerprint density at radius 1 is 1.04 bits per heavy atom. The molecule has 148 valence electrons. The zero-order chi connectivity index (χ0) is 20.4. The fourth-order valence-corrected chi connectivity index (χ4v) is 2.60. The van der Waals surface area contributed by atoms with E-state index in [2.05, 4.69) is 10.6 Å². The summed E-state index contributed by atoms with van der Waals surface area (Å²) in [6, 6.07) is 16.2. The summed E-state index contributed by atoms with van der Waals surface area (Å²) in [5, 5.41) is 5.73. The molecule has 0 aliphatic carbocycles. The van der Waals surface area contributed by atoms with Crippen LogP contribution in [0.1, 0.15) is 29.3 Å². The van der Waals surface area contributed by atoms with Crippen molar-refractivity contribution in [1.29, 1.82) is 0 Å². The van der Waals surface area contributed by atoms with Crippen molar-refractivity contribution in [3.8, 4) is 0 Å². The van der Waals surface area contributed by atoms with Crippen LogP contribution in [0.15, 0.2) is 54.6 Å². The van der Waals surface area contributed by atoms with Crippen LogP contribution in [0.3, 0.4) is 0 Å². The zero-order valence-electron chi connectivity index (χ0n) is 15.6. The Morgan fingerprint density at radius 3 is 2.39 bits per heavy atom. The summed E-state index contributed by atoms with van der Waals surface area (Å²) in [7, 11) is 0. The number of hydrogen-bond acceptors (Lipinski definition) is 4. The minimum Gasteiger partial charge on any atom is -0.454 e. The SMILES string of the molecule is C[C@@H](CCc1ccccc1)NC(=O)COC(=O)CNC(=O)c1ccc(Cl)cc1. The monoisotopic (exact) mass is 402 g/mol. The van der Waals surface area contributed by atoms with Crippen LogP contribution >= 0.6 is 11.6 Å². The highest BCUT2D eigenvalue weighted by molar-refractivity contribution is 6.30. The standard InChI is InChI=1S/C21H23ClN2O4/c1-15(7-8-16-5-3-2-4-6-16)24-19(25)14-28-20(26)13-23-21(27)17-9-11-18(22)12-10-17/h2-6,9-12,15H,7-8,13-14H2,1H3,(H,23,27)(H,24,25)/t15-/m0/s1. The number of ether oxygens (including phenoxy) is 1. The van der Waals surface area contributed by atoms with Gasteiger partial charge in [-0.05, 0) is 49.6 Å². The predicted octanol–water partition coefficient (Wildman–Crippen LogP) is 2.75.